The lowest BCUT2D eigenvalue weighted by Gasteiger charge is -2.16. The average Bonchev–Trinajstić information content (AvgIpc) is 3.33. The van der Waals surface area contributed by atoms with Crippen molar-refractivity contribution >= 4 is 34.7 Å². The Balaban J connectivity index is 1.71. The number of aryl methyl sites for hydroxylation is 1. The zero-order chi connectivity index (χ0) is 25.2. The van der Waals surface area contributed by atoms with E-state index in [0.717, 1.165) is 5.56 Å². The van der Waals surface area contributed by atoms with Crippen LogP contribution in [0, 0.1) is 0 Å². The predicted octanol–water partition coefficient (Wildman–Crippen LogP) is 3.78. The van der Waals surface area contributed by atoms with E-state index in [-0.39, 0.29) is 23.4 Å². The molecule has 2 aromatic heterocycles. The highest BCUT2D eigenvalue weighted by atomic mass is 35.5. The molecule has 8 heteroatoms. The third kappa shape index (κ3) is 4.18. The molecule has 2 aromatic carbocycles. The fraction of sp³-hybridized carbons (Fsp3) is 0.143. The van der Waals surface area contributed by atoms with Gasteiger partial charge in [-0.3, -0.25) is 14.5 Å². The Bertz CT molecular complexity index is 1480. The van der Waals surface area contributed by atoms with Crippen molar-refractivity contribution < 1.29 is 19.3 Å². The van der Waals surface area contributed by atoms with Crippen LogP contribution >= 0.6 is 11.6 Å². The smallest absolute Gasteiger partial charge is 0.327 e. The summed E-state index contributed by atoms with van der Waals surface area (Å²) in [6.07, 6.45) is 4.56. The van der Waals surface area contributed by atoms with E-state index in [0.29, 0.717) is 29.2 Å². The standard InChI is InChI=1S/C28H23ClN4O3/c1-2-10-22-23(27(35)33(30-22)21-14-9-13-20(29)17-21)24-25(31-15-7-4-8-16-31)28(36)32(26(24)34)18-19-11-5-3-6-12-19/h3-9,11-17H,2,10,18H2,1H3. The van der Waals surface area contributed by atoms with Gasteiger partial charge in [0.2, 0.25) is 0 Å². The summed E-state index contributed by atoms with van der Waals surface area (Å²) in [5.41, 5.74) is 2.11. The molecule has 4 aromatic rings. The van der Waals surface area contributed by atoms with Crippen LogP contribution in [0.3, 0.4) is 0 Å². The van der Waals surface area contributed by atoms with E-state index in [2.05, 4.69) is 5.10 Å². The van der Waals surface area contributed by atoms with Gasteiger partial charge in [0.25, 0.3) is 11.6 Å². The molecule has 1 aliphatic rings. The van der Waals surface area contributed by atoms with Crippen LogP contribution in [0.5, 0.6) is 5.88 Å². The number of carbonyl (C=O) groups is 2. The summed E-state index contributed by atoms with van der Waals surface area (Å²) >= 11 is 6.16. The monoisotopic (exact) mass is 498 g/mol. The number of amides is 2. The van der Waals surface area contributed by atoms with E-state index in [9.17, 15) is 14.7 Å². The van der Waals surface area contributed by atoms with Crippen molar-refractivity contribution in [3.63, 3.8) is 0 Å². The first-order chi connectivity index (χ1) is 17.5. The van der Waals surface area contributed by atoms with Gasteiger partial charge in [-0.25, -0.2) is 4.68 Å². The maximum atomic E-state index is 13.8. The Morgan fingerprint density at radius 3 is 2.36 bits per heavy atom. The molecule has 5 rings (SSSR count). The molecule has 0 bridgehead atoms. The molecule has 3 heterocycles. The lowest BCUT2D eigenvalue weighted by atomic mass is 10.0. The Kier molecular flexibility index (Phi) is 6.40. The Morgan fingerprint density at radius 2 is 1.67 bits per heavy atom. The van der Waals surface area contributed by atoms with Gasteiger partial charge in [-0.15, -0.1) is 0 Å². The minimum Gasteiger partial charge on any atom is -0.858 e. The molecular formula is C28H23ClN4O3. The van der Waals surface area contributed by atoms with Crippen LogP contribution in [0.25, 0.3) is 17.0 Å². The van der Waals surface area contributed by atoms with Crippen LogP contribution < -0.4 is 9.67 Å². The number of imide groups is 1. The van der Waals surface area contributed by atoms with Crippen molar-refractivity contribution in [2.24, 2.45) is 0 Å². The van der Waals surface area contributed by atoms with Gasteiger partial charge < -0.3 is 5.11 Å². The van der Waals surface area contributed by atoms with Crippen LogP contribution in [-0.4, -0.2) is 26.5 Å². The van der Waals surface area contributed by atoms with Gasteiger partial charge in [0.1, 0.15) is 5.57 Å². The van der Waals surface area contributed by atoms with Crippen LogP contribution in [0.2, 0.25) is 5.02 Å². The molecule has 180 valence electrons. The van der Waals surface area contributed by atoms with Crippen molar-refractivity contribution in [1.82, 2.24) is 14.7 Å². The molecular weight excluding hydrogens is 476 g/mol. The summed E-state index contributed by atoms with van der Waals surface area (Å²) in [7, 11) is 0. The minimum atomic E-state index is -0.518. The van der Waals surface area contributed by atoms with E-state index in [4.69, 9.17) is 11.6 Å². The second-order valence-electron chi connectivity index (χ2n) is 8.46. The van der Waals surface area contributed by atoms with Crippen molar-refractivity contribution in [2.45, 2.75) is 26.3 Å². The maximum absolute atomic E-state index is 13.8. The lowest BCUT2D eigenvalue weighted by molar-refractivity contribution is -0.576. The highest BCUT2D eigenvalue weighted by Crippen LogP contribution is 2.38. The fourth-order valence-corrected chi connectivity index (χ4v) is 4.56. The van der Waals surface area contributed by atoms with E-state index in [1.54, 1.807) is 53.4 Å². The van der Waals surface area contributed by atoms with Crippen molar-refractivity contribution in [1.29, 1.82) is 0 Å². The topological polar surface area (TPSA) is 82.1 Å². The normalized spacial score (nSPS) is 13.7. The molecule has 7 nitrogen and oxygen atoms in total. The first-order valence-electron chi connectivity index (χ1n) is 11.7. The molecule has 0 saturated carbocycles. The molecule has 0 N–H and O–H groups in total. The number of halogens is 1. The summed E-state index contributed by atoms with van der Waals surface area (Å²) in [6, 6.07) is 21.4. The summed E-state index contributed by atoms with van der Waals surface area (Å²) in [4.78, 5) is 28.7. The molecule has 0 unspecified atom stereocenters. The highest BCUT2D eigenvalue weighted by molar-refractivity contribution is 6.44. The third-order valence-electron chi connectivity index (χ3n) is 6.01. The molecule has 36 heavy (non-hydrogen) atoms. The summed E-state index contributed by atoms with van der Waals surface area (Å²) < 4.78 is 2.84. The zero-order valence-electron chi connectivity index (χ0n) is 19.6. The lowest BCUT2D eigenvalue weighted by Crippen LogP contribution is -2.39. The minimum absolute atomic E-state index is 0.0638. The maximum Gasteiger partial charge on any atom is 0.327 e. The second kappa shape index (κ2) is 9.79. The third-order valence-corrected chi connectivity index (χ3v) is 6.24. The summed E-state index contributed by atoms with van der Waals surface area (Å²) in [5, 5.41) is 18.8. The van der Waals surface area contributed by atoms with E-state index >= 15 is 0 Å². The SMILES string of the molecule is CCCc1nn(-c2cccc(Cl)c2)c([O-])c1C1=C([n+]2ccccc2)C(=O)N(Cc2ccccc2)C1=O. The number of benzene rings is 2. The summed E-state index contributed by atoms with van der Waals surface area (Å²) in [5.74, 6) is -1.45. The Morgan fingerprint density at radius 1 is 0.944 bits per heavy atom. The van der Waals surface area contributed by atoms with Gasteiger partial charge in [0.05, 0.1) is 17.9 Å². The number of carbonyl (C=O) groups excluding carboxylic acids is 2. The number of rotatable bonds is 7. The number of aromatic nitrogens is 3. The molecule has 0 atom stereocenters. The molecule has 0 radical (unpaired) electrons. The Hall–Kier alpha value is -4.23. The fourth-order valence-electron chi connectivity index (χ4n) is 4.38. The molecule has 0 saturated heterocycles. The number of nitrogens with zero attached hydrogens (tertiary/aromatic N) is 4. The van der Waals surface area contributed by atoms with Crippen molar-refractivity contribution in [3.05, 3.63) is 107 Å². The summed E-state index contributed by atoms with van der Waals surface area (Å²) in [6.45, 7) is 2.07. The van der Waals surface area contributed by atoms with Crippen molar-refractivity contribution in [2.75, 3.05) is 0 Å². The van der Waals surface area contributed by atoms with E-state index in [1.165, 1.54) is 9.58 Å². The quantitative estimate of drug-likeness (QED) is 0.287. The molecule has 0 spiro atoms. The van der Waals surface area contributed by atoms with Gasteiger partial charge in [-0.1, -0.05) is 67.4 Å². The average molecular weight is 499 g/mol. The van der Waals surface area contributed by atoms with Crippen LogP contribution in [0.4, 0.5) is 0 Å². The highest BCUT2D eigenvalue weighted by Gasteiger charge is 2.46. The van der Waals surface area contributed by atoms with Crippen LogP contribution in [-0.2, 0) is 22.6 Å². The largest absolute Gasteiger partial charge is 0.858 e. The number of pyridine rings is 1. The molecule has 2 amide bonds. The van der Waals surface area contributed by atoms with Gasteiger partial charge in [0.15, 0.2) is 12.4 Å². The molecule has 1 aliphatic heterocycles. The first-order valence-corrected chi connectivity index (χ1v) is 12.0. The van der Waals surface area contributed by atoms with Gasteiger partial charge in [0, 0.05) is 22.7 Å². The zero-order valence-corrected chi connectivity index (χ0v) is 20.4. The predicted molar refractivity (Wildman–Crippen MR) is 134 cm³/mol. The molecule has 0 fully saturated rings. The molecule has 0 aliphatic carbocycles. The van der Waals surface area contributed by atoms with Crippen molar-refractivity contribution in [3.8, 4) is 11.6 Å². The van der Waals surface area contributed by atoms with Crippen LogP contribution in [0.1, 0.15) is 30.2 Å². The van der Waals surface area contributed by atoms with E-state index < -0.39 is 17.7 Å². The van der Waals surface area contributed by atoms with Gasteiger partial charge in [-0.05, 0) is 36.1 Å². The first kappa shape index (κ1) is 23.5. The number of hydrogen-bond acceptors (Lipinski definition) is 4. The second-order valence-corrected chi connectivity index (χ2v) is 8.89. The van der Waals surface area contributed by atoms with E-state index in [1.807, 2.05) is 43.3 Å². The van der Waals surface area contributed by atoms with Crippen LogP contribution in [0.15, 0.2) is 85.2 Å². The Labute approximate surface area is 213 Å². The van der Waals surface area contributed by atoms with Gasteiger partial charge >= 0.3 is 5.91 Å². The number of hydrogen-bond donors (Lipinski definition) is 0. The van der Waals surface area contributed by atoms with Gasteiger partial charge in [-0.2, -0.15) is 9.67 Å².